The molecule has 3 nitrogen and oxygen atoms in total. The second-order valence-electron chi connectivity index (χ2n) is 4.83. The van der Waals surface area contributed by atoms with Gasteiger partial charge in [-0.15, -0.1) is 0 Å². The lowest BCUT2D eigenvalue weighted by molar-refractivity contribution is -0.116. The molecule has 0 atom stereocenters. The van der Waals surface area contributed by atoms with E-state index < -0.39 is 0 Å². The summed E-state index contributed by atoms with van der Waals surface area (Å²) in [6.07, 6.45) is 7.76. The molecule has 0 aromatic carbocycles. The lowest BCUT2D eigenvalue weighted by Gasteiger charge is -2.06. The van der Waals surface area contributed by atoms with E-state index in [1.165, 1.54) is 25.7 Å². The summed E-state index contributed by atoms with van der Waals surface area (Å²) in [4.78, 5) is 16.0. The molecule has 0 radical (unpaired) electrons. The largest absolute Gasteiger partial charge is 0.311 e. The maximum Gasteiger partial charge on any atom is 0.225 e. The van der Waals surface area contributed by atoms with Crippen LogP contribution < -0.4 is 5.32 Å². The van der Waals surface area contributed by atoms with E-state index in [0.29, 0.717) is 12.2 Å². The predicted octanol–water partition coefficient (Wildman–Crippen LogP) is 4.84. The highest BCUT2D eigenvalue weighted by Crippen LogP contribution is 2.16. The van der Waals surface area contributed by atoms with Gasteiger partial charge in [0.2, 0.25) is 5.91 Å². The third kappa shape index (κ3) is 6.71. The van der Waals surface area contributed by atoms with Crippen molar-refractivity contribution in [3.05, 3.63) is 22.3 Å². The highest BCUT2D eigenvalue weighted by Gasteiger charge is 2.04. The molecule has 1 aromatic heterocycles. The molecule has 1 aromatic rings. The zero-order valence-electron chi connectivity index (χ0n) is 11.8. The van der Waals surface area contributed by atoms with Crippen molar-refractivity contribution in [3.8, 4) is 0 Å². The SMILES string of the molecule is CCCCCCCCC(=O)Nc1ccc(Br)c(C)n1. The fraction of sp³-hybridized carbons (Fsp3) is 0.600. The van der Waals surface area contributed by atoms with Gasteiger partial charge >= 0.3 is 0 Å². The van der Waals surface area contributed by atoms with Gasteiger partial charge in [0.1, 0.15) is 5.82 Å². The number of unbranched alkanes of at least 4 members (excludes halogenated alkanes) is 5. The summed E-state index contributed by atoms with van der Waals surface area (Å²) in [5, 5.41) is 2.84. The molecule has 0 aliphatic heterocycles. The fourth-order valence-electron chi connectivity index (χ4n) is 1.88. The normalized spacial score (nSPS) is 10.5. The molecule has 0 fully saturated rings. The molecule has 1 heterocycles. The number of carbonyl (C=O) groups excluding carboxylic acids is 1. The summed E-state index contributed by atoms with van der Waals surface area (Å²) >= 11 is 3.39. The van der Waals surface area contributed by atoms with Crippen LogP contribution in [0, 0.1) is 6.92 Å². The Kier molecular flexibility index (Phi) is 7.72. The van der Waals surface area contributed by atoms with Gasteiger partial charge in [0.05, 0.1) is 5.69 Å². The van der Waals surface area contributed by atoms with Crippen molar-refractivity contribution in [2.45, 2.75) is 58.8 Å². The van der Waals surface area contributed by atoms with Crippen molar-refractivity contribution in [2.75, 3.05) is 5.32 Å². The topological polar surface area (TPSA) is 42.0 Å². The van der Waals surface area contributed by atoms with E-state index >= 15 is 0 Å². The molecular formula is C15H23BrN2O. The molecule has 106 valence electrons. The summed E-state index contributed by atoms with van der Waals surface area (Å²) in [6, 6.07) is 3.72. The van der Waals surface area contributed by atoms with Crippen LogP contribution in [0.5, 0.6) is 0 Å². The van der Waals surface area contributed by atoms with E-state index in [-0.39, 0.29) is 5.91 Å². The van der Waals surface area contributed by atoms with Crippen LogP contribution in [-0.2, 0) is 4.79 Å². The molecule has 1 rings (SSSR count). The second kappa shape index (κ2) is 9.08. The molecule has 0 spiro atoms. The van der Waals surface area contributed by atoms with Crippen LogP contribution >= 0.6 is 15.9 Å². The Labute approximate surface area is 124 Å². The second-order valence-corrected chi connectivity index (χ2v) is 5.68. The van der Waals surface area contributed by atoms with Crippen molar-refractivity contribution < 1.29 is 4.79 Å². The van der Waals surface area contributed by atoms with Gasteiger partial charge in [-0.3, -0.25) is 4.79 Å². The third-order valence-corrected chi connectivity index (χ3v) is 3.88. The Hall–Kier alpha value is -0.900. The molecular weight excluding hydrogens is 304 g/mol. The van der Waals surface area contributed by atoms with E-state index in [1.807, 2.05) is 19.1 Å². The molecule has 0 saturated carbocycles. The van der Waals surface area contributed by atoms with Crippen molar-refractivity contribution in [3.63, 3.8) is 0 Å². The maximum atomic E-state index is 11.7. The van der Waals surface area contributed by atoms with Crippen molar-refractivity contribution >= 4 is 27.7 Å². The average Bonchev–Trinajstić information content (AvgIpc) is 2.38. The van der Waals surface area contributed by atoms with E-state index in [9.17, 15) is 4.79 Å². The van der Waals surface area contributed by atoms with E-state index in [2.05, 4.69) is 33.2 Å². The number of carbonyl (C=O) groups is 1. The maximum absolute atomic E-state index is 11.7. The number of aromatic nitrogens is 1. The molecule has 0 saturated heterocycles. The van der Waals surface area contributed by atoms with Crippen LogP contribution in [-0.4, -0.2) is 10.9 Å². The minimum atomic E-state index is 0.0599. The zero-order chi connectivity index (χ0) is 14.1. The number of anilines is 1. The number of pyridine rings is 1. The van der Waals surface area contributed by atoms with E-state index in [0.717, 1.165) is 23.0 Å². The third-order valence-electron chi connectivity index (χ3n) is 3.05. The molecule has 19 heavy (non-hydrogen) atoms. The van der Waals surface area contributed by atoms with Crippen LogP contribution in [0.3, 0.4) is 0 Å². The van der Waals surface area contributed by atoms with Gasteiger partial charge in [0, 0.05) is 10.9 Å². The summed E-state index contributed by atoms with van der Waals surface area (Å²) in [7, 11) is 0. The lowest BCUT2D eigenvalue weighted by Crippen LogP contribution is -2.12. The zero-order valence-corrected chi connectivity index (χ0v) is 13.4. The van der Waals surface area contributed by atoms with Crippen LogP contribution in [0.15, 0.2) is 16.6 Å². The number of amides is 1. The van der Waals surface area contributed by atoms with Gasteiger partial charge in [-0.1, -0.05) is 39.0 Å². The molecule has 1 N–H and O–H groups in total. The molecule has 0 bridgehead atoms. The summed E-state index contributed by atoms with van der Waals surface area (Å²) in [5.41, 5.74) is 0.886. The Morgan fingerprint density at radius 1 is 1.21 bits per heavy atom. The predicted molar refractivity (Wildman–Crippen MR) is 83.3 cm³/mol. The first-order valence-corrected chi connectivity index (χ1v) is 7.85. The van der Waals surface area contributed by atoms with E-state index in [4.69, 9.17) is 0 Å². The van der Waals surface area contributed by atoms with Gasteiger partial charge in [-0.2, -0.15) is 0 Å². The molecule has 0 aliphatic rings. The van der Waals surface area contributed by atoms with Crippen LogP contribution in [0.2, 0.25) is 0 Å². The molecule has 0 aliphatic carbocycles. The highest BCUT2D eigenvalue weighted by molar-refractivity contribution is 9.10. The first-order valence-electron chi connectivity index (χ1n) is 7.06. The van der Waals surface area contributed by atoms with Crippen molar-refractivity contribution in [1.29, 1.82) is 0 Å². The number of hydrogen-bond donors (Lipinski definition) is 1. The quantitative estimate of drug-likeness (QED) is 0.694. The van der Waals surface area contributed by atoms with Gasteiger partial charge in [-0.25, -0.2) is 4.98 Å². The minimum absolute atomic E-state index is 0.0599. The number of nitrogens with zero attached hydrogens (tertiary/aromatic N) is 1. The molecule has 0 unspecified atom stereocenters. The van der Waals surface area contributed by atoms with Gasteiger partial charge in [0.15, 0.2) is 0 Å². The fourth-order valence-corrected chi connectivity index (χ4v) is 2.11. The molecule has 4 heteroatoms. The Morgan fingerprint density at radius 3 is 2.58 bits per heavy atom. The van der Waals surface area contributed by atoms with Gasteiger partial charge in [-0.05, 0) is 41.4 Å². The highest BCUT2D eigenvalue weighted by atomic mass is 79.9. The van der Waals surface area contributed by atoms with Crippen LogP contribution in [0.1, 0.15) is 57.6 Å². The standard InChI is InChI=1S/C15H23BrN2O/c1-3-4-5-6-7-8-9-15(19)18-14-11-10-13(16)12(2)17-14/h10-11H,3-9H2,1-2H3,(H,17,18,19). The lowest BCUT2D eigenvalue weighted by atomic mass is 10.1. The molecule has 1 amide bonds. The summed E-state index contributed by atoms with van der Waals surface area (Å²) < 4.78 is 0.960. The number of aryl methyl sites for hydroxylation is 1. The average molecular weight is 327 g/mol. The van der Waals surface area contributed by atoms with Crippen molar-refractivity contribution in [2.24, 2.45) is 0 Å². The van der Waals surface area contributed by atoms with Gasteiger partial charge in [0.25, 0.3) is 0 Å². The smallest absolute Gasteiger partial charge is 0.225 e. The number of halogens is 1. The number of rotatable bonds is 8. The first-order chi connectivity index (χ1) is 9.13. The summed E-state index contributed by atoms with van der Waals surface area (Å²) in [6.45, 7) is 4.12. The Bertz CT molecular complexity index is 407. The number of nitrogens with one attached hydrogen (secondary N) is 1. The Morgan fingerprint density at radius 2 is 1.89 bits per heavy atom. The first kappa shape index (κ1) is 16.2. The summed E-state index contributed by atoms with van der Waals surface area (Å²) in [5.74, 6) is 0.696. The monoisotopic (exact) mass is 326 g/mol. The van der Waals surface area contributed by atoms with Crippen LogP contribution in [0.4, 0.5) is 5.82 Å². The minimum Gasteiger partial charge on any atom is -0.311 e. The number of hydrogen-bond acceptors (Lipinski definition) is 2. The van der Waals surface area contributed by atoms with Crippen LogP contribution in [0.25, 0.3) is 0 Å². The van der Waals surface area contributed by atoms with E-state index in [1.54, 1.807) is 0 Å². The Balaban J connectivity index is 2.21. The van der Waals surface area contributed by atoms with Gasteiger partial charge < -0.3 is 5.32 Å². The van der Waals surface area contributed by atoms with Crippen molar-refractivity contribution in [1.82, 2.24) is 4.98 Å².